The molecule has 1 heterocycles. The maximum absolute atomic E-state index is 14.3. The summed E-state index contributed by atoms with van der Waals surface area (Å²) in [5.41, 5.74) is 2.42. The van der Waals surface area contributed by atoms with Gasteiger partial charge in [-0.15, -0.1) is 0 Å². The van der Waals surface area contributed by atoms with Crippen molar-refractivity contribution in [3.05, 3.63) is 116 Å². The van der Waals surface area contributed by atoms with E-state index in [1.807, 2.05) is 61.5 Å². The van der Waals surface area contributed by atoms with E-state index in [0.29, 0.717) is 6.29 Å². The average Bonchev–Trinajstić information content (AvgIpc) is 2.87. The van der Waals surface area contributed by atoms with Crippen LogP contribution < -0.4 is 0 Å². The lowest BCUT2D eigenvalue weighted by Crippen LogP contribution is -2.39. The van der Waals surface area contributed by atoms with E-state index < -0.39 is 18.0 Å². The van der Waals surface area contributed by atoms with Crippen molar-refractivity contribution < 1.29 is 22.7 Å². The number of carbonyl (C=O) groups is 1. The van der Waals surface area contributed by atoms with Crippen molar-refractivity contribution >= 4 is 35.0 Å². The molecule has 0 saturated carbocycles. The number of hydrogen-bond acceptors (Lipinski definition) is 3. The molecule has 4 rings (SSSR count). The lowest BCUT2D eigenvalue weighted by atomic mass is 9.72. The average molecular weight is 615 g/mol. The van der Waals surface area contributed by atoms with Crippen molar-refractivity contribution in [2.75, 3.05) is 0 Å². The number of carbonyl (C=O) groups excluding carboxylic acids is 1. The van der Waals surface area contributed by atoms with Gasteiger partial charge < -0.3 is 4.74 Å². The summed E-state index contributed by atoms with van der Waals surface area (Å²) in [5, 5.41) is 0. The molecule has 0 aliphatic heterocycles. The Morgan fingerprint density at radius 3 is 2.51 bits per heavy atom. The summed E-state index contributed by atoms with van der Waals surface area (Å²) in [7, 11) is 0. The highest BCUT2D eigenvalue weighted by Crippen LogP contribution is 2.51. The Hall–Kier alpha value is -3.20. The number of nitrogens with zero attached hydrogens (tertiary/aromatic N) is 1. The van der Waals surface area contributed by atoms with Gasteiger partial charge in [-0.3, -0.25) is 9.78 Å². The van der Waals surface area contributed by atoms with E-state index in [0.717, 1.165) is 38.4 Å². The fraction of sp³-hybridized carbons (Fsp3) is 0.200. The Balaban J connectivity index is 1.71. The molecule has 3 aromatic rings. The minimum absolute atomic E-state index is 0.0111. The Bertz CT molecular complexity index is 1390. The van der Waals surface area contributed by atoms with Crippen molar-refractivity contribution in [2.45, 2.75) is 33.1 Å². The number of ether oxygens (including phenoxy) is 1. The van der Waals surface area contributed by atoms with Crippen LogP contribution in [0.3, 0.4) is 0 Å². The van der Waals surface area contributed by atoms with Gasteiger partial charge in [-0.25, -0.2) is 0 Å². The number of allylic oxidation sites excluding steroid dienone is 4. The number of aldehydes is 1. The molecule has 1 aromatic heterocycles. The van der Waals surface area contributed by atoms with Gasteiger partial charge in [0.15, 0.2) is 0 Å². The van der Waals surface area contributed by atoms with Gasteiger partial charge in [0, 0.05) is 11.8 Å². The van der Waals surface area contributed by atoms with E-state index in [4.69, 9.17) is 4.74 Å². The van der Waals surface area contributed by atoms with Crippen LogP contribution in [0.5, 0.6) is 0 Å². The molecule has 0 fully saturated rings. The Morgan fingerprint density at radius 1 is 1.08 bits per heavy atom. The second-order valence-electron chi connectivity index (χ2n) is 9.11. The molecule has 0 amide bonds. The molecule has 0 bridgehead atoms. The van der Waals surface area contributed by atoms with Crippen LogP contribution in [-0.4, -0.2) is 17.4 Å². The van der Waals surface area contributed by atoms with Crippen molar-refractivity contribution in [2.24, 2.45) is 5.41 Å². The molecule has 1 unspecified atom stereocenters. The minimum atomic E-state index is -4.56. The predicted molar refractivity (Wildman–Crippen MR) is 147 cm³/mol. The van der Waals surface area contributed by atoms with Gasteiger partial charge in [0.2, 0.25) is 0 Å². The predicted octanol–water partition coefficient (Wildman–Crippen LogP) is 8.24. The summed E-state index contributed by atoms with van der Waals surface area (Å²) >= 11 is 2.07. The number of pyridine rings is 1. The van der Waals surface area contributed by atoms with Crippen LogP contribution in [0, 0.1) is 16.0 Å². The fourth-order valence-corrected chi connectivity index (χ4v) is 4.89. The summed E-state index contributed by atoms with van der Waals surface area (Å²) in [6, 6.07) is 19.2. The summed E-state index contributed by atoms with van der Waals surface area (Å²) in [5.74, 6) is 0.151. The zero-order chi connectivity index (χ0) is 26.6. The quantitative estimate of drug-likeness (QED) is 0.153. The van der Waals surface area contributed by atoms with E-state index in [1.54, 1.807) is 18.3 Å². The smallest absolute Gasteiger partial charge is 0.398 e. The molecule has 1 atom stereocenters. The lowest BCUT2D eigenvalue weighted by molar-refractivity contribution is -0.203. The third kappa shape index (κ3) is 5.87. The van der Waals surface area contributed by atoms with Crippen LogP contribution in [0.15, 0.2) is 95.9 Å². The largest absolute Gasteiger partial charge is 0.488 e. The Morgan fingerprint density at radius 2 is 1.84 bits per heavy atom. The first kappa shape index (κ1) is 26.9. The lowest BCUT2D eigenvalue weighted by Gasteiger charge is -2.36. The van der Waals surface area contributed by atoms with E-state index >= 15 is 0 Å². The summed E-state index contributed by atoms with van der Waals surface area (Å²) in [6.45, 7) is 3.19. The third-order valence-corrected chi connectivity index (χ3v) is 7.23. The van der Waals surface area contributed by atoms with Gasteiger partial charge in [0.05, 0.1) is 5.41 Å². The number of halogens is 4. The molecule has 0 saturated heterocycles. The summed E-state index contributed by atoms with van der Waals surface area (Å²) < 4.78 is 49.6. The molecule has 190 valence electrons. The van der Waals surface area contributed by atoms with Gasteiger partial charge in [0.25, 0.3) is 0 Å². The molecule has 1 aliphatic rings. The first-order valence-corrected chi connectivity index (χ1v) is 12.7. The number of aromatic nitrogens is 1. The number of hydrogen-bond donors (Lipinski definition) is 0. The second kappa shape index (κ2) is 11.0. The highest BCUT2D eigenvalue weighted by Gasteiger charge is 2.54. The molecule has 0 radical (unpaired) electrons. The van der Waals surface area contributed by atoms with E-state index in [1.165, 1.54) is 12.2 Å². The SMILES string of the molecule is Cc1c(/C=C/C2=CC(OCc3ccnc(I)c3)=C(C=O)CC2(C)C(F)(F)F)cccc1-c1ccccc1. The first-order chi connectivity index (χ1) is 17.6. The van der Waals surface area contributed by atoms with Gasteiger partial charge in [-0.2, -0.15) is 13.2 Å². The molecular weight excluding hydrogens is 590 g/mol. The van der Waals surface area contributed by atoms with E-state index in [-0.39, 0.29) is 23.5 Å². The molecule has 0 N–H and O–H groups in total. The van der Waals surface area contributed by atoms with Gasteiger partial charge in [-0.1, -0.05) is 60.7 Å². The summed E-state index contributed by atoms with van der Waals surface area (Å²) in [6.07, 6.45) is 1.57. The van der Waals surface area contributed by atoms with Crippen molar-refractivity contribution in [3.63, 3.8) is 0 Å². The Kier molecular flexibility index (Phi) is 8.02. The maximum atomic E-state index is 14.3. The zero-order valence-electron chi connectivity index (χ0n) is 20.4. The topological polar surface area (TPSA) is 39.2 Å². The van der Waals surface area contributed by atoms with Crippen LogP contribution in [-0.2, 0) is 16.1 Å². The minimum Gasteiger partial charge on any atom is -0.488 e. The van der Waals surface area contributed by atoms with Crippen LogP contribution in [0.2, 0.25) is 0 Å². The monoisotopic (exact) mass is 615 g/mol. The van der Waals surface area contributed by atoms with Crippen molar-refractivity contribution in [3.8, 4) is 11.1 Å². The molecule has 3 nitrogen and oxygen atoms in total. The standard InChI is InChI=1S/C30H25F3INO2/c1-20-22(9-6-10-26(20)23-7-4-3-5-8-23)11-12-25-16-27(37-19-21-13-14-35-28(34)15-21)24(18-36)17-29(25,2)30(31,32)33/h3-16,18H,17,19H2,1-2H3/b12-11+. The maximum Gasteiger partial charge on any atom is 0.398 e. The van der Waals surface area contributed by atoms with Crippen LogP contribution in [0.1, 0.15) is 30.0 Å². The molecule has 37 heavy (non-hydrogen) atoms. The fourth-order valence-electron chi connectivity index (χ4n) is 4.33. The molecular formula is C30H25F3INO2. The number of benzene rings is 2. The molecule has 1 aliphatic carbocycles. The Labute approximate surface area is 227 Å². The molecule has 7 heteroatoms. The highest BCUT2D eigenvalue weighted by molar-refractivity contribution is 14.1. The van der Waals surface area contributed by atoms with Gasteiger partial charge >= 0.3 is 6.18 Å². The summed E-state index contributed by atoms with van der Waals surface area (Å²) in [4.78, 5) is 15.9. The number of rotatable bonds is 7. The zero-order valence-corrected chi connectivity index (χ0v) is 22.5. The molecule has 0 spiro atoms. The second-order valence-corrected chi connectivity index (χ2v) is 10.2. The normalized spacial score (nSPS) is 18.2. The molecule has 2 aromatic carbocycles. The first-order valence-electron chi connectivity index (χ1n) is 11.7. The van der Waals surface area contributed by atoms with Gasteiger partial charge in [0.1, 0.15) is 22.4 Å². The van der Waals surface area contributed by atoms with E-state index in [9.17, 15) is 18.0 Å². The van der Waals surface area contributed by atoms with Crippen LogP contribution in [0.4, 0.5) is 13.2 Å². The number of alkyl halides is 3. The van der Waals surface area contributed by atoms with E-state index in [2.05, 4.69) is 27.6 Å². The van der Waals surface area contributed by atoms with Crippen molar-refractivity contribution in [1.29, 1.82) is 0 Å². The van der Waals surface area contributed by atoms with Gasteiger partial charge in [-0.05, 0) is 94.5 Å². The highest BCUT2D eigenvalue weighted by atomic mass is 127. The van der Waals surface area contributed by atoms with Crippen LogP contribution in [0.25, 0.3) is 17.2 Å². The van der Waals surface area contributed by atoms with Crippen molar-refractivity contribution in [1.82, 2.24) is 4.98 Å². The van der Waals surface area contributed by atoms with Crippen LogP contribution >= 0.6 is 22.6 Å². The third-order valence-electron chi connectivity index (χ3n) is 6.64.